The lowest BCUT2D eigenvalue weighted by Gasteiger charge is -1.99. The minimum atomic E-state index is -0.245. The van der Waals surface area contributed by atoms with Crippen molar-refractivity contribution < 1.29 is 9.53 Å². The first-order valence-corrected chi connectivity index (χ1v) is 8.24. The van der Waals surface area contributed by atoms with E-state index in [9.17, 15) is 4.79 Å². The SMILES string of the molecule is CCCC/C=C\CCCCCCCC/C=C\OC(C)=O. The van der Waals surface area contributed by atoms with Crippen LogP contribution in [0.5, 0.6) is 0 Å². The van der Waals surface area contributed by atoms with Gasteiger partial charge < -0.3 is 4.74 Å². The van der Waals surface area contributed by atoms with Gasteiger partial charge >= 0.3 is 5.97 Å². The lowest BCUT2D eigenvalue weighted by molar-refractivity contribution is -0.135. The normalized spacial score (nSPS) is 11.5. The van der Waals surface area contributed by atoms with Gasteiger partial charge in [0.15, 0.2) is 0 Å². The van der Waals surface area contributed by atoms with E-state index in [1.54, 1.807) is 0 Å². The molecule has 0 amide bonds. The molecule has 0 rings (SSSR count). The zero-order valence-electron chi connectivity index (χ0n) is 13.4. The van der Waals surface area contributed by atoms with Crippen LogP contribution in [0.4, 0.5) is 0 Å². The number of unbranched alkanes of at least 4 members (excludes halogenated alkanes) is 9. The molecular weight excluding hydrogens is 248 g/mol. The molecule has 0 bridgehead atoms. The highest BCUT2D eigenvalue weighted by Crippen LogP contribution is 2.09. The van der Waals surface area contributed by atoms with Crippen molar-refractivity contribution in [2.75, 3.05) is 0 Å². The Balaban J connectivity index is 3.11. The number of esters is 1. The zero-order chi connectivity index (χ0) is 14.9. The number of allylic oxidation sites excluding steroid dienone is 3. The summed E-state index contributed by atoms with van der Waals surface area (Å²) in [6.07, 6.45) is 22.0. The minimum absolute atomic E-state index is 0.245. The molecule has 20 heavy (non-hydrogen) atoms. The fraction of sp³-hybridized carbons (Fsp3) is 0.722. The van der Waals surface area contributed by atoms with Gasteiger partial charge in [0, 0.05) is 6.92 Å². The fourth-order valence-corrected chi connectivity index (χ4v) is 2.00. The highest BCUT2D eigenvalue weighted by molar-refractivity contribution is 5.66. The summed E-state index contributed by atoms with van der Waals surface area (Å²) < 4.78 is 4.72. The average Bonchev–Trinajstić information content (AvgIpc) is 2.43. The minimum Gasteiger partial charge on any atom is -0.435 e. The van der Waals surface area contributed by atoms with E-state index in [4.69, 9.17) is 4.74 Å². The van der Waals surface area contributed by atoms with E-state index < -0.39 is 0 Å². The van der Waals surface area contributed by atoms with Gasteiger partial charge in [0.1, 0.15) is 0 Å². The second kappa shape index (κ2) is 16.0. The third-order valence-electron chi connectivity index (χ3n) is 3.21. The average molecular weight is 280 g/mol. The van der Waals surface area contributed by atoms with E-state index in [1.807, 2.05) is 6.08 Å². The van der Waals surface area contributed by atoms with Gasteiger partial charge in [-0.05, 0) is 38.2 Å². The number of carbonyl (C=O) groups excluding carboxylic acids is 1. The van der Waals surface area contributed by atoms with Gasteiger partial charge in [0.05, 0.1) is 6.26 Å². The van der Waals surface area contributed by atoms with Gasteiger partial charge in [-0.1, -0.05) is 57.6 Å². The Morgan fingerprint density at radius 1 is 0.800 bits per heavy atom. The second-order valence-corrected chi connectivity index (χ2v) is 5.29. The van der Waals surface area contributed by atoms with Gasteiger partial charge in [-0.15, -0.1) is 0 Å². The van der Waals surface area contributed by atoms with Gasteiger partial charge in [0.2, 0.25) is 0 Å². The van der Waals surface area contributed by atoms with Crippen LogP contribution in [0.25, 0.3) is 0 Å². The van der Waals surface area contributed by atoms with Crippen molar-refractivity contribution in [2.24, 2.45) is 0 Å². The molecule has 0 saturated carbocycles. The molecular formula is C18H32O2. The van der Waals surface area contributed by atoms with Crippen LogP contribution in [0, 0.1) is 0 Å². The summed E-state index contributed by atoms with van der Waals surface area (Å²) in [5.74, 6) is -0.245. The van der Waals surface area contributed by atoms with E-state index in [0.717, 1.165) is 6.42 Å². The highest BCUT2D eigenvalue weighted by Gasteiger charge is 1.90. The molecule has 116 valence electrons. The molecule has 0 spiro atoms. The Bertz CT molecular complexity index is 267. The van der Waals surface area contributed by atoms with Crippen LogP contribution in [0.2, 0.25) is 0 Å². The maximum absolute atomic E-state index is 10.5. The van der Waals surface area contributed by atoms with Crippen LogP contribution < -0.4 is 0 Å². The molecule has 0 aliphatic carbocycles. The van der Waals surface area contributed by atoms with Gasteiger partial charge in [0.25, 0.3) is 0 Å². The van der Waals surface area contributed by atoms with Crippen LogP contribution in [0.15, 0.2) is 24.5 Å². The molecule has 0 aromatic carbocycles. The summed E-state index contributed by atoms with van der Waals surface area (Å²) in [5.41, 5.74) is 0. The lowest BCUT2D eigenvalue weighted by atomic mass is 10.1. The van der Waals surface area contributed by atoms with E-state index in [-0.39, 0.29) is 5.97 Å². The number of carbonyl (C=O) groups is 1. The molecule has 0 aliphatic heterocycles. The standard InChI is InChI=1S/C18H32O2/c1-3-4-5-6-7-8-9-10-11-12-13-14-15-16-17-20-18(2)19/h6-7,16-17H,3-5,8-15H2,1-2H3/b7-6-,17-16-. The lowest BCUT2D eigenvalue weighted by Crippen LogP contribution is -1.89. The number of hydrogen-bond donors (Lipinski definition) is 0. The molecule has 0 atom stereocenters. The number of ether oxygens (including phenoxy) is 1. The molecule has 0 aromatic heterocycles. The molecule has 2 nitrogen and oxygen atoms in total. The summed E-state index contributed by atoms with van der Waals surface area (Å²) in [6, 6.07) is 0. The maximum atomic E-state index is 10.5. The summed E-state index contributed by atoms with van der Waals surface area (Å²) >= 11 is 0. The molecule has 0 radical (unpaired) electrons. The van der Waals surface area contributed by atoms with Gasteiger partial charge in [-0.25, -0.2) is 0 Å². The third kappa shape index (κ3) is 16.9. The van der Waals surface area contributed by atoms with Crippen molar-refractivity contribution in [1.29, 1.82) is 0 Å². The second-order valence-electron chi connectivity index (χ2n) is 5.29. The van der Waals surface area contributed by atoms with Crippen molar-refractivity contribution in [2.45, 2.75) is 84.5 Å². The Morgan fingerprint density at radius 3 is 1.85 bits per heavy atom. The van der Waals surface area contributed by atoms with Crippen LogP contribution in [-0.2, 0) is 9.53 Å². The van der Waals surface area contributed by atoms with Gasteiger partial charge in [-0.3, -0.25) is 4.79 Å². The topological polar surface area (TPSA) is 26.3 Å². The number of rotatable bonds is 13. The van der Waals surface area contributed by atoms with Crippen LogP contribution in [0.3, 0.4) is 0 Å². The van der Waals surface area contributed by atoms with Crippen molar-refractivity contribution in [3.63, 3.8) is 0 Å². The Morgan fingerprint density at radius 2 is 1.30 bits per heavy atom. The molecule has 0 unspecified atom stereocenters. The van der Waals surface area contributed by atoms with E-state index in [0.29, 0.717) is 0 Å². The van der Waals surface area contributed by atoms with Gasteiger partial charge in [-0.2, -0.15) is 0 Å². The monoisotopic (exact) mass is 280 g/mol. The van der Waals surface area contributed by atoms with Crippen molar-refractivity contribution in [1.82, 2.24) is 0 Å². The molecule has 0 saturated heterocycles. The largest absolute Gasteiger partial charge is 0.435 e. The van der Waals surface area contributed by atoms with E-state index in [2.05, 4.69) is 19.1 Å². The number of hydrogen-bond acceptors (Lipinski definition) is 2. The van der Waals surface area contributed by atoms with E-state index in [1.165, 1.54) is 77.4 Å². The summed E-state index contributed by atoms with van der Waals surface area (Å²) in [7, 11) is 0. The molecule has 0 aliphatic rings. The molecule has 0 N–H and O–H groups in total. The summed E-state index contributed by atoms with van der Waals surface area (Å²) in [5, 5.41) is 0. The third-order valence-corrected chi connectivity index (χ3v) is 3.21. The van der Waals surface area contributed by atoms with E-state index >= 15 is 0 Å². The van der Waals surface area contributed by atoms with Crippen LogP contribution in [-0.4, -0.2) is 5.97 Å². The first-order valence-electron chi connectivity index (χ1n) is 8.24. The molecule has 0 fully saturated rings. The quantitative estimate of drug-likeness (QED) is 0.181. The maximum Gasteiger partial charge on any atom is 0.307 e. The highest BCUT2D eigenvalue weighted by atomic mass is 16.5. The Labute approximate surface area is 125 Å². The summed E-state index contributed by atoms with van der Waals surface area (Å²) in [6.45, 7) is 3.66. The first kappa shape index (κ1) is 18.9. The smallest absolute Gasteiger partial charge is 0.307 e. The predicted octanol–water partition coefficient (Wildman–Crippen LogP) is 5.93. The van der Waals surface area contributed by atoms with Crippen LogP contribution >= 0.6 is 0 Å². The molecule has 0 heterocycles. The van der Waals surface area contributed by atoms with Crippen LogP contribution in [0.1, 0.15) is 84.5 Å². The predicted molar refractivity (Wildman–Crippen MR) is 86.5 cm³/mol. The van der Waals surface area contributed by atoms with Crippen molar-refractivity contribution in [3.8, 4) is 0 Å². The molecule has 2 heteroatoms. The summed E-state index contributed by atoms with van der Waals surface area (Å²) in [4.78, 5) is 10.5. The van der Waals surface area contributed by atoms with Crippen molar-refractivity contribution in [3.05, 3.63) is 24.5 Å². The Hall–Kier alpha value is -1.05. The van der Waals surface area contributed by atoms with Crippen molar-refractivity contribution >= 4 is 5.97 Å². The first-order chi connectivity index (χ1) is 9.77. The Kier molecular flexibility index (Phi) is 15.2. The zero-order valence-corrected chi connectivity index (χ0v) is 13.4. The molecule has 0 aromatic rings. The fourth-order valence-electron chi connectivity index (χ4n) is 2.00.